The van der Waals surface area contributed by atoms with Crippen molar-refractivity contribution in [3.8, 4) is 0 Å². The molecular formula is C25H27NO3S. The number of thioether (sulfide) groups is 1. The van der Waals surface area contributed by atoms with Crippen LogP contribution in [0.4, 0.5) is 0 Å². The normalized spacial score (nSPS) is 15.8. The van der Waals surface area contributed by atoms with Crippen molar-refractivity contribution in [3.63, 3.8) is 0 Å². The van der Waals surface area contributed by atoms with Crippen molar-refractivity contribution < 1.29 is 9.21 Å². The number of fused-ring (bicyclic) bond motifs is 2. The fraction of sp³-hybridized carbons (Fsp3) is 0.360. The van der Waals surface area contributed by atoms with Gasteiger partial charge in [0.15, 0.2) is 5.43 Å². The number of rotatable bonds is 6. The lowest BCUT2D eigenvalue weighted by Crippen LogP contribution is -2.30. The van der Waals surface area contributed by atoms with Crippen LogP contribution in [0.25, 0.3) is 11.0 Å². The van der Waals surface area contributed by atoms with E-state index in [2.05, 4.69) is 6.92 Å². The van der Waals surface area contributed by atoms with Gasteiger partial charge in [0.2, 0.25) is 5.76 Å². The predicted molar refractivity (Wildman–Crippen MR) is 123 cm³/mol. The zero-order valence-corrected chi connectivity index (χ0v) is 18.8. The molecule has 1 atom stereocenters. The van der Waals surface area contributed by atoms with Crippen molar-refractivity contribution in [2.45, 2.75) is 51.0 Å². The van der Waals surface area contributed by atoms with E-state index in [0.717, 1.165) is 40.8 Å². The fourth-order valence-corrected chi connectivity index (χ4v) is 4.78. The topological polar surface area (TPSA) is 50.5 Å². The third kappa shape index (κ3) is 3.45. The van der Waals surface area contributed by atoms with Crippen molar-refractivity contribution in [2.75, 3.05) is 12.8 Å². The van der Waals surface area contributed by atoms with E-state index in [9.17, 15) is 9.59 Å². The van der Waals surface area contributed by atoms with Crippen molar-refractivity contribution in [3.05, 3.63) is 74.6 Å². The Hall–Kier alpha value is -2.53. The van der Waals surface area contributed by atoms with Gasteiger partial charge < -0.3 is 9.32 Å². The first-order valence-electron chi connectivity index (χ1n) is 10.5. The maximum absolute atomic E-state index is 13.6. The minimum Gasteiger partial charge on any atom is -0.450 e. The summed E-state index contributed by atoms with van der Waals surface area (Å²) in [6.07, 6.45) is 5.05. The Morgan fingerprint density at radius 3 is 2.47 bits per heavy atom. The Morgan fingerprint density at radius 1 is 1.07 bits per heavy atom. The van der Waals surface area contributed by atoms with Gasteiger partial charge in [0.1, 0.15) is 5.58 Å². The molecule has 0 saturated carbocycles. The number of nitrogens with zero attached hydrogens (tertiary/aromatic N) is 1. The molecule has 0 fully saturated rings. The van der Waals surface area contributed by atoms with E-state index in [4.69, 9.17) is 4.42 Å². The summed E-state index contributed by atoms with van der Waals surface area (Å²) in [5.74, 6) is 0.0221. The second-order valence-electron chi connectivity index (χ2n) is 8.01. The average molecular weight is 422 g/mol. The fourth-order valence-electron chi connectivity index (χ4n) is 4.37. The number of unbranched alkanes of at least 4 members (excludes halogenated alkanes) is 2. The van der Waals surface area contributed by atoms with Gasteiger partial charge in [0, 0.05) is 11.4 Å². The quantitative estimate of drug-likeness (QED) is 0.369. The summed E-state index contributed by atoms with van der Waals surface area (Å²) in [6.45, 7) is 6.64. The first-order chi connectivity index (χ1) is 14.5. The molecule has 1 aliphatic rings. The Balaban J connectivity index is 1.93. The van der Waals surface area contributed by atoms with Gasteiger partial charge in [0.05, 0.1) is 17.0 Å². The summed E-state index contributed by atoms with van der Waals surface area (Å²) >= 11 is 1.67. The van der Waals surface area contributed by atoms with Gasteiger partial charge in [-0.2, -0.15) is 0 Å². The molecule has 0 radical (unpaired) electrons. The number of amides is 1. The third-order valence-corrected chi connectivity index (χ3v) is 6.57. The number of hydrogen-bond acceptors (Lipinski definition) is 4. The van der Waals surface area contributed by atoms with Crippen molar-refractivity contribution in [1.29, 1.82) is 0 Å². The molecule has 1 amide bonds. The largest absolute Gasteiger partial charge is 0.450 e. The first kappa shape index (κ1) is 20.7. The Kier molecular flexibility index (Phi) is 5.74. The van der Waals surface area contributed by atoms with Gasteiger partial charge in [0.25, 0.3) is 5.91 Å². The van der Waals surface area contributed by atoms with Crippen LogP contribution < -0.4 is 5.43 Å². The van der Waals surface area contributed by atoms with E-state index in [-0.39, 0.29) is 17.1 Å². The maximum Gasteiger partial charge on any atom is 0.290 e. The molecule has 4 nitrogen and oxygen atoms in total. The van der Waals surface area contributed by atoms with Crippen LogP contribution in [0.5, 0.6) is 0 Å². The van der Waals surface area contributed by atoms with Gasteiger partial charge in [-0.1, -0.05) is 38.0 Å². The molecule has 1 aliphatic heterocycles. The lowest BCUT2D eigenvalue weighted by molar-refractivity contribution is 0.0724. The highest BCUT2D eigenvalue weighted by Gasteiger charge is 2.42. The molecule has 0 bridgehead atoms. The van der Waals surface area contributed by atoms with Crippen LogP contribution in [0, 0.1) is 13.8 Å². The molecule has 0 N–H and O–H groups in total. The number of hydrogen-bond donors (Lipinski definition) is 0. The van der Waals surface area contributed by atoms with E-state index in [1.807, 2.05) is 61.4 Å². The number of aryl methyl sites for hydroxylation is 2. The molecule has 156 valence electrons. The summed E-state index contributed by atoms with van der Waals surface area (Å²) in [7, 11) is 0. The third-order valence-electron chi connectivity index (χ3n) is 5.83. The van der Waals surface area contributed by atoms with Crippen LogP contribution in [0.15, 0.2) is 50.5 Å². The summed E-state index contributed by atoms with van der Waals surface area (Å²) in [5.41, 5.74) is 3.74. The predicted octanol–water partition coefficient (Wildman–Crippen LogP) is 5.87. The molecule has 2 aromatic carbocycles. The van der Waals surface area contributed by atoms with Gasteiger partial charge in [-0.25, -0.2) is 0 Å². The summed E-state index contributed by atoms with van der Waals surface area (Å²) in [4.78, 5) is 29.9. The van der Waals surface area contributed by atoms with Crippen molar-refractivity contribution >= 4 is 28.6 Å². The van der Waals surface area contributed by atoms with E-state index in [0.29, 0.717) is 23.1 Å². The molecule has 30 heavy (non-hydrogen) atoms. The highest BCUT2D eigenvalue weighted by molar-refractivity contribution is 7.98. The number of carbonyl (C=O) groups is 1. The molecule has 5 heteroatoms. The zero-order chi connectivity index (χ0) is 21.4. The second-order valence-corrected chi connectivity index (χ2v) is 8.89. The van der Waals surface area contributed by atoms with Crippen LogP contribution in [-0.4, -0.2) is 23.6 Å². The monoisotopic (exact) mass is 421 g/mol. The van der Waals surface area contributed by atoms with Crippen LogP contribution in [0.3, 0.4) is 0 Å². The second kappa shape index (κ2) is 8.31. The molecular weight excluding hydrogens is 394 g/mol. The Bertz CT molecular complexity index is 1160. The average Bonchev–Trinajstić information content (AvgIpc) is 3.01. The molecule has 0 spiro atoms. The SMILES string of the molecule is CCCCCN1C(=O)c2oc3c(C)cc(C)cc3c(=O)c2C1c1ccc(SC)cc1. The van der Waals surface area contributed by atoms with Crippen LogP contribution in [0.1, 0.15) is 65.0 Å². The molecule has 0 saturated heterocycles. The van der Waals surface area contributed by atoms with Crippen LogP contribution >= 0.6 is 11.8 Å². The first-order valence-corrected chi connectivity index (χ1v) is 11.7. The van der Waals surface area contributed by atoms with Gasteiger partial charge in [-0.3, -0.25) is 9.59 Å². The molecule has 1 unspecified atom stereocenters. The number of benzene rings is 2. The lowest BCUT2D eigenvalue weighted by atomic mass is 9.97. The van der Waals surface area contributed by atoms with E-state index in [1.54, 1.807) is 11.8 Å². The summed E-state index contributed by atoms with van der Waals surface area (Å²) in [6, 6.07) is 11.6. The van der Waals surface area contributed by atoms with Gasteiger partial charge in [-0.15, -0.1) is 11.8 Å². The maximum atomic E-state index is 13.6. The van der Waals surface area contributed by atoms with Crippen LogP contribution in [-0.2, 0) is 0 Å². The minimum absolute atomic E-state index is 0.0941. The Morgan fingerprint density at radius 2 is 1.80 bits per heavy atom. The minimum atomic E-state index is -0.401. The molecule has 4 rings (SSSR count). The molecule has 0 aliphatic carbocycles. The molecule has 3 aromatic rings. The van der Waals surface area contributed by atoms with Crippen molar-refractivity contribution in [1.82, 2.24) is 4.90 Å². The van der Waals surface area contributed by atoms with E-state index >= 15 is 0 Å². The standard InChI is InChI=1S/C25H27NO3S/c1-5-6-7-12-26-21(17-8-10-18(30-4)11-9-17)20-22(27)19-14-15(2)13-16(3)23(19)29-24(20)25(26)28/h8-11,13-14,21H,5-7,12H2,1-4H3. The van der Waals surface area contributed by atoms with E-state index in [1.165, 1.54) is 0 Å². The highest BCUT2D eigenvalue weighted by Crippen LogP contribution is 2.39. The van der Waals surface area contributed by atoms with Gasteiger partial charge in [-0.05, 0) is 61.4 Å². The van der Waals surface area contributed by atoms with Gasteiger partial charge >= 0.3 is 0 Å². The summed E-state index contributed by atoms with van der Waals surface area (Å²) in [5, 5.41) is 0.556. The molecule has 2 heterocycles. The van der Waals surface area contributed by atoms with Crippen molar-refractivity contribution in [2.24, 2.45) is 0 Å². The Labute approximate surface area is 181 Å². The highest BCUT2D eigenvalue weighted by atomic mass is 32.2. The lowest BCUT2D eigenvalue weighted by Gasteiger charge is -2.25. The van der Waals surface area contributed by atoms with Crippen LogP contribution in [0.2, 0.25) is 0 Å². The van der Waals surface area contributed by atoms with E-state index < -0.39 is 6.04 Å². The molecule has 1 aromatic heterocycles. The zero-order valence-electron chi connectivity index (χ0n) is 18.0. The smallest absolute Gasteiger partial charge is 0.290 e. The number of carbonyl (C=O) groups excluding carboxylic acids is 1. The summed E-state index contributed by atoms with van der Waals surface area (Å²) < 4.78 is 6.12.